The highest BCUT2D eigenvalue weighted by atomic mass is 19.1. The average Bonchev–Trinajstić information content (AvgIpc) is 2.44. The third-order valence-electron chi connectivity index (χ3n) is 3.56. The molecule has 2 aromatic rings. The monoisotopic (exact) mass is 288 g/mol. The van der Waals surface area contributed by atoms with Gasteiger partial charge in [0.1, 0.15) is 11.2 Å². The first kappa shape index (κ1) is 15.1. The van der Waals surface area contributed by atoms with Gasteiger partial charge >= 0.3 is 5.97 Å². The maximum atomic E-state index is 13.5. The second-order valence-corrected chi connectivity index (χ2v) is 5.05. The van der Waals surface area contributed by atoms with Crippen molar-refractivity contribution in [3.63, 3.8) is 0 Å². The second kappa shape index (κ2) is 6.01. The third kappa shape index (κ3) is 3.08. The molecule has 1 aromatic carbocycles. The Labute approximate surface area is 122 Å². The molecule has 0 bridgehead atoms. The Morgan fingerprint density at radius 2 is 2.05 bits per heavy atom. The van der Waals surface area contributed by atoms with Crippen molar-refractivity contribution >= 4 is 5.97 Å². The Morgan fingerprint density at radius 1 is 1.33 bits per heavy atom. The molecule has 0 saturated heterocycles. The van der Waals surface area contributed by atoms with E-state index in [4.69, 9.17) is 5.73 Å². The molecule has 0 spiro atoms. The summed E-state index contributed by atoms with van der Waals surface area (Å²) in [5.74, 6) is -1.57. The largest absolute Gasteiger partial charge is 0.481 e. The molecule has 0 radical (unpaired) electrons. The van der Waals surface area contributed by atoms with Crippen LogP contribution in [0.3, 0.4) is 0 Å². The number of carboxylic acids is 1. The van der Waals surface area contributed by atoms with Gasteiger partial charge < -0.3 is 10.8 Å². The number of nitrogens with zero attached hydrogens (tertiary/aromatic N) is 1. The molecule has 5 heteroatoms. The van der Waals surface area contributed by atoms with Gasteiger partial charge in [0.05, 0.1) is 0 Å². The van der Waals surface area contributed by atoms with E-state index in [1.165, 1.54) is 18.2 Å². The summed E-state index contributed by atoms with van der Waals surface area (Å²) < 4.78 is 13.5. The third-order valence-corrected chi connectivity index (χ3v) is 3.56. The minimum absolute atomic E-state index is 0.115. The van der Waals surface area contributed by atoms with Crippen LogP contribution in [0.15, 0.2) is 42.5 Å². The molecule has 4 nitrogen and oxygen atoms in total. The predicted molar refractivity (Wildman–Crippen MR) is 77.4 cm³/mol. The van der Waals surface area contributed by atoms with Crippen molar-refractivity contribution in [1.29, 1.82) is 0 Å². The number of aromatic nitrogens is 1. The maximum Gasteiger partial charge on any atom is 0.315 e. The topological polar surface area (TPSA) is 76.2 Å². The molecule has 0 fully saturated rings. The van der Waals surface area contributed by atoms with Gasteiger partial charge in [-0.3, -0.25) is 9.78 Å². The molecule has 1 aromatic heterocycles. The van der Waals surface area contributed by atoms with Crippen molar-refractivity contribution in [2.24, 2.45) is 5.73 Å². The van der Waals surface area contributed by atoms with Crippen LogP contribution < -0.4 is 5.73 Å². The van der Waals surface area contributed by atoms with Crippen molar-refractivity contribution in [3.05, 3.63) is 65.2 Å². The standard InChI is InChI=1S/C16H17FN2O2/c1-11-4-2-7-14(19-11)9-16(10-18,15(20)21)12-5-3-6-13(17)8-12/h2-8H,9-10,18H2,1H3,(H,20,21). The van der Waals surface area contributed by atoms with Crippen molar-refractivity contribution < 1.29 is 14.3 Å². The van der Waals surface area contributed by atoms with Crippen LogP contribution in [0.25, 0.3) is 0 Å². The van der Waals surface area contributed by atoms with Crippen LogP contribution in [0.4, 0.5) is 4.39 Å². The first-order chi connectivity index (χ1) is 9.98. The summed E-state index contributed by atoms with van der Waals surface area (Å²) in [7, 11) is 0. The van der Waals surface area contributed by atoms with Crippen LogP contribution in [-0.4, -0.2) is 22.6 Å². The number of benzene rings is 1. The number of hydrogen-bond donors (Lipinski definition) is 2. The molecular formula is C16H17FN2O2. The van der Waals surface area contributed by atoms with E-state index < -0.39 is 17.2 Å². The Balaban J connectivity index is 2.49. The van der Waals surface area contributed by atoms with Crippen LogP contribution in [0.2, 0.25) is 0 Å². The van der Waals surface area contributed by atoms with Crippen molar-refractivity contribution in [2.75, 3.05) is 6.54 Å². The number of nitrogens with two attached hydrogens (primary N) is 1. The zero-order valence-corrected chi connectivity index (χ0v) is 11.7. The van der Waals surface area contributed by atoms with Crippen LogP contribution in [0, 0.1) is 12.7 Å². The molecule has 0 aliphatic rings. The fourth-order valence-electron chi connectivity index (χ4n) is 2.37. The van der Waals surface area contributed by atoms with E-state index in [1.54, 1.807) is 12.1 Å². The summed E-state index contributed by atoms with van der Waals surface area (Å²) in [5.41, 5.74) is 6.12. The van der Waals surface area contributed by atoms with Gasteiger partial charge in [0.25, 0.3) is 0 Å². The molecule has 0 aliphatic carbocycles. The summed E-state index contributed by atoms with van der Waals surface area (Å²) >= 11 is 0. The van der Waals surface area contributed by atoms with Crippen LogP contribution in [-0.2, 0) is 16.6 Å². The van der Waals surface area contributed by atoms with Gasteiger partial charge in [0.2, 0.25) is 0 Å². The summed E-state index contributed by atoms with van der Waals surface area (Å²) in [4.78, 5) is 16.1. The van der Waals surface area contributed by atoms with Gasteiger partial charge in [-0.25, -0.2) is 4.39 Å². The summed E-state index contributed by atoms with van der Waals surface area (Å²) in [6.45, 7) is 1.69. The van der Waals surface area contributed by atoms with Gasteiger partial charge in [0, 0.05) is 24.4 Å². The lowest BCUT2D eigenvalue weighted by Gasteiger charge is -2.28. The van der Waals surface area contributed by atoms with E-state index in [0.717, 1.165) is 5.69 Å². The summed E-state index contributed by atoms with van der Waals surface area (Å²) in [6.07, 6.45) is 0.115. The molecule has 1 atom stereocenters. The Hall–Kier alpha value is -2.27. The van der Waals surface area contributed by atoms with E-state index >= 15 is 0 Å². The van der Waals surface area contributed by atoms with Crippen LogP contribution >= 0.6 is 0 Å². The highest BCUT2D eigenvalue weighted by molar-refractivity contribution is 5.82. The zero-order valence-electron chi connectivity index (χ0n) is 11.7. The first-order valence-electron chi connectivity index (χ1n) is 6.60. The molecule has 0 amide bonds. The van der Waals surface area contributed by atoms with Gasteiger partial charge in [-0.05, 0) is 36.8 Å². The highest BCUT2D eigenvalue weighted by Gasteiger charge is 2.40. The number of pyridine rings is 1. The van der Waals surface area contributed by atoms with E-state index in [-0.39, 0.29) is 13.0 Å². The second-order valence-electron chi connectivity index (χ2n) is 5.05. The van der Waals surface area contributed by atoms with Gasteiger partial charge in [-0.1, -0.05) is 18.2 Å². The van der Waals surface area contributed by atoms with Gasteiger partial charge in [-0.2, -0.15) is 0 Å². The van der Waals surface area contributed by atoms with E-state index in [9.17, 15) is 14.3 Å². The van der Waals surface area contributed by atoms with Gasteiger partial charge in [0.15, 0.2) is 0 Å². The number of halogens is 1. The normalized spacial score (nSPS) is 13.7. The number of hydrogen-bond acceptors (Lipinski definition) is 3. The number of aliphatic carboxylic acids is 1. The Morgan fingerprint density at radius 3 is 2.62 bits per heavy atom. The average molecular weight is 288 g/mol. The minimum Gasteiger partial charge on any atom is -0.481 e. The minimum atomic E-state index is -1.39. The lowest BCUT2D eigenvalue weighted by molar-refractivity contribution is -0.143. The van der Waals surface area contributed by atoms with Crippen LogP contribution in [0.5, 0.6) is 0 Å². The fraction of sp³-hybridized carbons (Fsp3) is 0.250. The highest BCUT2D eigenvalue weighted by Crippen LogP contribution is 2.28. The summed E-state index contributed by atoms with van der Waals surface area (Å²) in [5, 5.41) is 9.67. The molecule has 1 unspecified atom stereocenters. The lowest BCUT2D eigenvalue weighted by atomic mass is 9.76. The smallest absolute Gasteiger partial charge is 0.315 e. The zero-order chi connectivity index (χ0) is 15.5. The molecule has 0 aliphatic heterocycles. The molecule has 3 N–H and O–H groups in total. The molecule has 2 rings (SSSR count). The number of carbonyl (C=O) groups is 1. The Bertz CT molecular complexity index is 660. The molecule has 0 saturated carbocycles. The molecule has 110 valence electrons. The predicted octanol–water partition coefficient (Wildman–Crippen LogP) is 2.05. The van der Waals surface area contributed by atoms with Crippen molar-refractivity contribution in [3.8, 4) is 0 Å². The van der Waals surface area contributed by atoms with Crippen molar-refractivity contribution in [1.82, 2.24) is 4.98 Å². The fourth-order valence-corrected chi connectivity index (χ4v) is 2.37. The number of aryl methyl sites for hydroxylation is 1. The molecular weight excluding hydrogens is 271 g/mol. The molecule has 21 heavy (non-hydrogen) atoms. The molecule has 1 heterocycles. The quantitative estimate of drug-likeness (QED) is 0.883. The summed E-state index contributed by atoms with van der Waals surface area (Å²) in [6, 6.07) is 11.0. The van der Waals surface area contributed by atoms with E-state index in [0.29, 0.717) is 11.3 Å². The number of rotatable bonds is 5. The van der Waals surface area contributed by atoms with Crippen molar-refractivity contribution in [2.45, 2.75) is 18.8 Å². The number of carboxylic acid groups (broad SMARTS) is 1. The van der Waals surface area contributed by atoms with Crippen LogP contribution in [0.1, 0.15) is 17.0 Å². The lowest BCUT2D eigenvalue weighted by Crippen LogP contribution is -2.45. The van der Waals surface area contributed by atoms with Gasteiger partial charge in [-0.15, -0.1) is 0 Å². The maximum absolute atomic E-state index is 13.5. The Kier molecular flexibility index (Phi) is 4.33. The van der Waals surface area contributed by atoms with E-state index in [1.807, 2.05) is 19.1 Å². The van der Waals surface area contributed by atoms with E-state index in [2.05, 4.69) is 4.98 Å². The first-order valence-corrected chi connectivity index (χ1v) is 6.60. The SMILES string of the molecule is Cc1cccc(CC(CN)(C(=O)O)c2cccc(F)c2)n1.